The number of rotatable bonds is 2. The molecule has 24 heavy (non-hydrogen) atoms. The number of amides is 2. The second-order valence-corrected chi connectivity index (χ2v) is 8.80. The molecule has 3 N–H and O–H groups in total. The fourth-order valence-corrected chi connectivity index (χ4v) is 4.10. The molecule has 1 aromatic carbocycles. The van der Waals surface area contributed by atoms with Gasteiger partial charge in [-0.2, -0.15) is 0 Å². The number of nitrogens with one attached hydrogen (secondary N) is 3. The lowest BCUT2D eigenvalue weighted by atomic mass is 9.79. The molecule has 0 bridgehead atoms. The number of halogens is 1. The second kappa shape index (κ2) is 6.84. The molecule has 1 fully saturated rings. The van der Waals surface area contributed by atoms with E-state index in [9.17, 15) is 9.59 Å². The van der Waals surface area contributed by atoms with Crippen molar-refractivity contribution < 1.29 is 9.59 Å². The first kappa shape index (κ1) is 18.9. The van der Waals surface area contributed by atoms with Crippen LogP contribution in [0.25, 0.3) is 0 Å². The number of aryl methyl sites for hydroxylation is 1. The number of anilines is 1. The molecule has 1 aliphatic heterocycles. The maximum absolute atomic E-state index is 12.3. The zero-order valence-corrected chi connectivity index (χ0v) is 16.5. The highest BCUT2D eigenvalue weighted by Gasteiger charge is 2.38. The Labute approximate surface area is 152 Å². The Balaban J connectivity index is 2.00. The molecule has 0 aromatic heterocycles. The molecule has 0 spiro atoms. The molecule has 1 saturated heterocycles. The van der Waals surface area contributed by atoms with E-state index in [2.05, 4.69) is 59.6 Å². The fraction of sp³-hybridized carbons (Fsp3) is 0.556. The van der Waals surface area contributed by atoms with Crippen LogP contribution in [-0.2, 0) is 9.59 Å². The van der Waals surface area contributed by atoms with Crippen LogP contribution in [0.4, 0.5) is 5.69 Å². The molecule has 0 saturated carbocycles. The normalized spacial score (nSPS) is 19.6. The Kier molecular flexibility index (Phi) is 5.40. The van der Waals surface area contributed by atoms with Gasteiger partial charge in [-0.15, -0.1) is 0 Å². The van der Waals surface area contributed by atoms with Gasteiger partial charge in [-0.1, -0.05) is 15.9 Å². The van der Waals surface area contributed by atoms with E-state index in [0.717, 1.165) is 22.9 Å². The Morgan fingerprint density at radius 2 is 1.71 bits per heavy atom. The van der Waals surface area contributed by atoms with Crippen LogP contribution in [0.3, 0.4) is 0 Å². The summed E-state index contributed by atoms with van der Waals surface area (Å²) in [5, 5.41) is 9.12. The van der Waals surface area contributed by atoms with Gasteiger partial charge in [-0.05, 0) is 71.2 Å². The standard InChI is InChI=1S/C18H26BrN3O2/c1-11-8-12(19)6-7-14(11)21-16(24)15(23)20-13-9-17(2,3)22-18(4,5)10-13/h6-8,13,22H,9-10H2,1-5H3,(H,20,23)(H,21,24). The molecule has 2 amide bonds. The van der Waals surface area contributed by atoms with E-state index in [0.29, 0.717) is 5.69 Å². The average Bonchev–Trinajstić information content (AvgIpc) is 2.38. The summed E-state index contributed by atoms with van der Waals surface area (Å²) in [6.07, 6.45) is 1.57. The smallest absolute Gasteiger partial charge is 0.313 e. The van der Waals surface area contributed by atoms with Gasteiger partial charge < -0.3 is 16.0 Å². The molecule has 0 unspecified atom stereocenters. The Hall–Kier alpha value is -1.40. The van der Waals surface area contributed by atoms with Gasteiger partial charge in [0.25, 0.3) is 0 Å². The lowest BCUT2D eigenvalue weighted by molar-refractivity contribution is -0.137. The number of hydrogen-bond donors (Lipinski definition) is 3. The SMILES string of the molecule is Cc1cc(Br)ccc1NC(=O)C(=O)NC1CC(C)(C)NC(C)(C)C1. The van der Waals surface area contributed by atoms with Crippen molar-refractivity contribution in [1.82, 2.24) is 10.6 Å². The van der Waals surface area contributed by atoms with E-state index >= 15 is 0 Å². The first-order valence-corrected chi connectivity index (χ1v) is 8.94. The maximum atomic E-state index is 12.3. The topological polar surface area (TPSA) is 70.2 Å². The molecule has 1 aliphatic rings. The van der Waals surface area contributed by atoms with Crippen LogP contribution in [0.5, 0.6) is 0 Å². The molecule has 0 aliphatic carbocycles. The summed E-state index contributed by atoms with van der Waals surface area (Å²) in [5.41, 5.74) is 1.37. The van der Waals surface area contributed by atoms with Crippen molar-refractivity contribution in [2.45, 2.75) is 64.6 Å². The van der Waals surface area contributed by atoms with E-state index in [1.54, 1.807) is 6.07 Å². The molecular formula is C18H26BrN3O2. The zero-order valence-electron chi connectivity index (χ0n) is 14.9. The Bertz CT molecular complexity index is 640. The number of carbonyl (C=O) groups is 2. The third kappa shape index (κ3) is 5.05. The molecule has 0 radical (unpaired) electrons. The highest BCUT2D eigenvalue weighted by Crippen LogP contribution is 2.28. The van der Waals surface area contributed by atoms with Gasteiger partial charge in [0.15, 0.2) is 0 Å². The minimum absolute atomic E-state index is 0.0273. The van der Waals surface area contributed by atoms with E-state index in [4.69, 9.17) is 0 Å². The van der Waals surface area contributed by atoms with Gasteiger partial charge in [0.2, 0.25) is 0 Å². The molecule has 0 atom stereocenters. The number of carbonyl (C=O) groups excluding carboxylic acids is 2. The lowest BCUT2D eigenvalue weighted by Crippen LogP contribution is -2.62. The number of hydrogen-bond acceptors (Lipinski definition) is 3. The van der Waals surface area contributed by atoms with Crippen molar-refractivity contribution in [2.24, 2.45) is 0 Å². The molecule has 1 heterocycles. The molecule has 132 valence electrons. The van der Waals surface area contributed by atoms with E-state index in [1.807, 2.05) is 19.1 Å². The largest absolute Gasteiger partial charge is 0.345 e. The van der Waals surface area contributed by atoms with Crippen molar-refractivity contribution in [3.8, 4) is 0 Å². The van der Waals surface area contributed by atoms with Crippen LogP contribution in [0.2, 0.25) is 0 Å². The number of benzene rings is 1. The van der Waals surface area contributed by atoms with Gasteiger partial charge in [0.05, 0.1) is 0 Å². The predicted molar refractivity (Wildman–Crippen MR) is 100.0 cm³/mol. The zero-order chi connectivity index (χ0) is 18.1. The van der Waals surface area contributed by atoms with Crippen LogP contribution in [0.1, 0.15) is 46.1 Å². The van der Waals surface area contributed by atoms with Crippen LogP contribution < -0.4 is 16.0 Å². The number of piperidine rings is 1. The summed E-state index contributed by atoms with van der Waals surface area (Å²) in [6, 6.07) is 5.48. The Morgan fingerprint density at radius 3 is 2.25 bits per heavy atom. The monoisotopic (exact) mass is 395 g/mol. The van der Waals surface area contributed by atoms with Crippen LogP contribution in [-0.4, -0.2) is 28.9 Å². The van der Waals surface area contributed by atoms with E-state index in [-0.39, 0.29) is 17.1 Å². The van der Waals surface area contributed by atoms with Gasteiger partial charge in [0.1, 0.15) is 0 Å². The second-order valence-electron chi connectivity index (χ2n) is 7.88. The highest BCUT2D eigenvalue weighted by atomic mass is 79.9. The lowest BCUT2D eigenvalue weighted by Gasteiger charge is -2.46. The summed E-state index contributed by atoms with van der Waals surface area (Å²) < 4.78 is 0.932. The molecule has 2 rings (SSSR count). The third-order valence-electron chi connectivity index (χ3n) is 4.17. The van der Waals surface area contributed by atoms with Gasteiger partial charge >= 0.3 is 11.8 Å². The maximum Gasteiger partial charge on any atom is 0.313 e. The van der Waals surface area contributed by atoms with Crippen molar-refractivity contribution in [1.29, 1.82) is 0 Å². The fourth-order valence-electron chi connectivity index (χ4n) is 3.62. The summed E-state index contributed by atoms with van der Waals surface area (Å²) >= 11 is 3.38. The van der Waals surface area contributed by atoms with Crippen molar-refractivity contribution >= 4 is 33.4 Å². The quantitative estimate of drug-likeness (QED) is 0.673. The van der Waals surface area contributed by atoms with Gasteiger partial charge in [0, 0.05) is 27.3 Å². The van der Waals surface area contributed by atoms with Crippen LogP contribution in [0, 0.1) is 6.92 Å². The summed E-state index contributed by atoms with van der Waals surface area (Å²) in [7, 11) is 0. The van der Waals surface area contributed by atoms with Gasteiger partial charge in [-0.25, -0.2) is 0 Å². The summed E-state index contributed by atoms with van der Waals surface area (Å²) in [6.45, 7) is 10.3. The van der Waals surface area contributed by atoms with Crippen molar-refractivity contribution in [3.63, 3.8) is 0 Å². The molecule has 6 heteroatoms. The molecule has 1 aromatic rings. The Morgan fingerprint density at radius 1 is 1.12 bits per heavy atom. The van der Waals surface area contributed by atoms with Crippen molar-refractivity contribution in [3.05, 3.63) is 28.2 Å². The van der Waals surface area contributed by atoms with Crippen molar-refractivity contribution in [2.75, 3.05) is 5.32 Å². The van der Waals surface area contributed by atoms with Crippen LogP contribution >= 0.6 is 15.9 Å². The summed E-state index contributed by atoms with van der Waals surface area (Å²) in [5.74, 6) is -1.22. The molecule has 5 nitrogen and oxygen atoms in total. The first-order chi connectivity index (χ1) is 11.0. The first-order valence-electron chi connectivity index (χ1n) is 8.15. The highest BCUT2D eigenvalue weighted by molar-refractivity contribution is 9.10. The predicted octanol–water partition coefficient (Wildman–Crippen LogP) is 3.12. The van der Waals surface area contributed by atoms with E-state index in [1.165, 1.54) is 0 Å². The third-order valence-corrected chi connectivity index (χ3v) is 4.66. The van der Waals surface area contributed by atoms with E-state index < -0.39 is 11.8 Å². The van der Waals surface area contributed by atoms with Crippen LogP contribution in [0.15, 0.2) is 22.7 Å². The average molecular weight is 396 g/mol. The van der Waals surface area contributed by atoms with Gasteiger partial charge in [-0.3, -0.25) is 9.59 Å². The summed E-state index contributed by atoms with van der Waals surface area (Å²) in [4.78, 5) is 24.5. The minimum atomic E-state index is -0.630. The minimum Gasteiger partial charge on any atom is -0.345 e. The molecular weight excluding hydrogens is 370 g/mol.